The Hall–Kier alpha value is -2.19. The van der Waals surface area contributed by atoms with E-state index >= 15 is 0 Å². The van der Waals surface area contributed by atoms with Crippen LogP contribution in [-0.4, -0.2) is 25.7 Å². The van der Waals surface area contributed by atoms with Gasteiger partial charge in [-0.1, -0.05) is 36.9 Å². The third kappa shape index (κ3) is 3.91. The molecule has 8 heteroatoms. The van der Waals surface area contributed by atoms with Crippen molar-refractivity contribution in [3.63, 3.8) is 0 Å². The maximum absolute atomic E-state index is 12.3. The summed E-state index contributed by atoms with van der Waals surface area (Å²) < 4.78 is 1.87. The highest BCUT2D eigenvalue weighted by Crippen LogP contribution is 2.33. The molecule has 1 aromatic carbocycles. The number of carbonyl (C=O) groups excluding carboxylic acids is 1. The summed E-state index contributed by atoms with van der Waals surface area (Å²) in [4.78, 5) is 18.6. The van der Waals surface area contributed by atoms with Crippen LogP contribution in [-0.2, 0) is 24.0 Å². The van der Waals surface area contributed by atoms with Crippen LogP contribution >= 0.6 is 23.1 Å². The second-order valence-electron chi connectivity index (χ2n) is 5.47. The van der Waals surface area contributed by atoms with Gasteiger partial charge in [0.15, 0.2) is 10.3 Å². The first-order valence-corrected chi connectivity index (χ1v) is 9.76. The van der Waals surface area contributed by atoms with Gasteiger partial charge < -0.3 is 4.57 Å². The maximum Gasteiger partial charge on any atom is 0.230 e. The van der Waals surface area contributed by atoms with Crippen LogP contribution in [0.1, 0.15) is 25.1 Å². The van der Waals surface area contributed by atoms with Gasteiger partial charge in [0.1, 0.15) is 6.33 Å². The molecule has 0 aliphatic heterocycles. The molecule has 1 amide bonds. The number of hydrogen-bond acceptors (Lipinski definition) is 6. The van der Waals surface area contributed by atoms with Gasteiger partial charge in [0.25, 0.3) is 0 Å². The Kier molecular flexibility index (Phi) is 5.50. The molecule has 0 aliphatic carbocycles. The summed E-state index contributed by atoms with van der Waals surface area (Å²) in [6, 6.07) is 7.95. The average molecular weight is 374 g/mol. The summed E-state index contributed by atoms with van der Waals surface area (Å²) in [5, 5.41) is 11.5. The van der Waals surface area contributed by atoms with Crippen LogP contribution in [0.25, 0.3) is 0 Å². The Labute approximate surface area is 154 Å². The number of aryl methyl sites for hydroxylation is 2. The largest absolute Gasteiger partial charge is 0.312 e. The van der Waals surface area contributed by atoms with E-state index in [9.17, 15) is 4.79 Å². The van der Waals surface area contributed by atoms with Crippen molar-refractivity contribution in [3.8, 4) is 0 Å². The molecule has 130 valence electrons. The van der Waals surface area contributed by atoms with Gasteiger partial charge in [-0.15, -0.1) is 21.5 Å². The number of nitrogens with zero attached hydrogens (tertiary/aromatic N) is 5. The highest BCUT2D eigenvalue weighted by atomic mass is 32.2. The van der Waals surface area contributed by atoms with Crippen molar-refractivity contribution in [1.29, 1.82) is 0 Å². The van der Waals surface area contributed by atoms with E-state index in [1.165, 1.54) is 11.3 Å². The third-order valence-corrected chi connectivity index (χ3v) is 5.62. The van der Waals surface area contributed by atoms with Crippen molar-refractivity contribution in [3.05, 3.63) is 47.2 Å². The summed E-state index contributed by atoms with van der Waals surface area (Å²) in [5.41, 5.74) is 2.95. The molecule has 0 N–H and O–H groups in total. The number of thiazole rings is 1. The van der Waals surface area contributed by atoms with E-state index in [0.29, 0.717) is 10.9 Å². The van der Waals surface area contributed by atoms with Crippen LogP contribution in [0.3, 0.4) is 0 Å². The number of para-hydroxylation sites is 1. The number of benzene rings is 1. The van der Waals surface area contributed by atoms with E-state index in [4.69, 9.17) is 0 Å². The predicted octanol–water partition coefficient (Wildman–Crippen LogP) is 3.81. The van der Waals surface area contributed by atoms with Gasteiger partial charge >= 0.3 is 0 Å². The zero-order valence-electron chi connectivity index (χ0n) is 14.3. The van der Waals surface area contributed by atoms with Crippen LogP contribution in [0.4, 0.5) is 10.8 Å². The lowest BCUT2D eigenvalue weighted by Gasteiger charge is -2.20. The molecule has 0 saturated heterocycles. The zero-order chi connectivity index (χ0) is 17.8. The molecule has 0 unspecified atom stereocenters. The van der Waals surface area contributed by atoms with E-state index in [1.807, 2.05) is 41.3 Å². The standard InChI is InChI=1S/C17H19N5OS2/c1-4-13-7-5-6-8-15(13)22(12(2)23)16-19-14(9-24-16)10-25-17-20-18-11-21(17)3/h5-9,11H,4,10H2,1-3H3. The second-order valence-corrected chi connectivity index (χ2v) is 7.25. The molecule has 0 aliphatic rings. The molecule has 3 aromatic rings. The molecule has 0 spiro atoms. The Morgan fingerprint density at radius 3 is 2.84 bits per heavy atom. The molecular weight excluding hydrogens is 354 g/mol. The quantitative estimate of drug-likeness (QED) is 0.615. The summed E-state index contributed by atoms with van der Waals surface area (Å²) in [5.74, 6) is 0.646. The smallest absolute Gasteiger partial charge is 0.230 e. The van der Waals surface area contributed by atoms with E-state index in [2.05, 4.69) is 22.1 Å². The summed E-state index contributed by atoms with van der Waals surface area (Å²) in [6.07, 6.45) is 2.54. The predicted molar refractivity (Wildman–Crippen MR) is 101 cm³/mol. The molecule has 2 aromatic heterocycles. The molecule has 2 heterocycles. The molecule has 6 nitrogen and oxygen atoms in total. The van der Waals surface area contributed by atoms with E-state index < -0.39 is 0 Å². The first-order chi connectivity index (χ1) is 12.1. The Balaban J connectivity index is 1.83. The van der Waals surface area contributed by atoms with Gasteiger partial charge in [0.05, 0.1) is 11.4 Å². The molecule has 0 bridgehead atoms. The van der Waals surface area contributed by atoms with Crippen LogP contribution < -0.4 is 4.90 Å². The van der Waals surface area contributed by atoms with Gasteiger partial charge in [0.2, 0.25) is 5.91 Å². The molecule has 0 atom stereocenters. The Morgan fingerprint density at radius 1 is 1.36 bits per heavy atom. The van der Waals surface area contributed by atoms with E-state index in [1.54, 1.807) is 29.9 Å². The van der Waals surface area contributed by atoms with E-state index in [0.717, 1.165) is 28.5 Å². The summed E-state index contributed by atoms with van der Waals surface area (Å²) >= 11 is 3.05. The monoisotopic (exact) mass is 373 g/mol. The summed E-state index contributed by atoms with van der Waals surface area (Å²) in [7, 11) is 1.91. The number of rotatable bonds is 6. The van der Waals surface area contributed by atoms with Crippen LogP contribution in [0.5, 0.6) is 0 Å². The van der Waals surface area contributed by atoms with Gasteiger partial charge in [-0.2, -0.15) is 0 Å². The highest BCUT2D eigenvalue weighted by molar-refractivity contribution is 7.98. The highest BCUT2D eigenvalue weighted by Gasteiger charge is 2.20. The number of carbonyl (C=O) groups is 1. The molecule has 0 fully saturated rings. The van der Waals surface area contributed by atoms with Crippen LogP contribution in [0.2, 0.25) is 0 Å². The molecule has 25 heavy (non-hydrogen) atoms. The fourth-order valence-electron chi connectivity index (χ4n) is 2.44. The number of thioether (sulfide) groups is 1. The van der Waals surface area contributed by atoms with Crippen LogP contribution in [0.15, 0.2) is 41.1 Å². The number of aromatic nitrogens is 4. The number of anilines is 2. The zero-order valence-corrected chi connectivity index (χ0v) is 16.0. The fourth-order valence-corrected chi connectivity index (χ4v) is 4.21. The minimum absolute atomic E-state index is 0.0391. The lowest BCUT2D eigenvalue weighted by Crippen LogP contribution is -2.23. The lowest BCUT2D eigenvalue weighted by molar-refractivity contribution is -0.115. The first kappa shape index (κ1) is 17.6. The maximum atomic E-state index is 12.3. The van der Waals surface area contributed by atoms with Gasteiger partial charge in [-0.25, -0.2) is 4.98 Å². The second kappa shape index (κ2) is 7.79. The lowest BCUT2D eigenvalue weighted by atomic mass is 10.1. The van der Waals surface area contributed by atoms with Crippen LogP contribution in [0, 0.1) is 0 Å². The summed E-state index contributed by atoms with van der Waals surface area (Å²) in [6.45, 7) is 3.66. The van der Waals surface area contributed by atoms with Crippen molar-refractivity contribution < 1.29 is 4.79 Å². The van der Waals surface area contributed by atoms with Gasteiger partial charge in [-0.3, -0.25) is 9.69 Å². The fraction of sp³-hybridized carbons (Fsp3) is 0.294. The van der Waals surface area contributed by atoms with Crippen molar-refractivity contribution in [1.82, 2.24) is 19.7 Å². The van der Waals surface area contributed by atoms with E-state index in [-0.39, 0.29) is 5.91 Å². The normalized spacial score (nSPS) is 10.8. The minimum Gasteiger partial charge on any atom is -0.312 e. The minimum atomic E-state index is -0.0391. The van der Waals surface area contributed by atoms with Crippen molar-refractivity contribution in [2.45, 2.75) is 31.2 Å². The molecule has 3 rings (SSSR count). The van der Waals surface area contributed by atoms with Gasteiger partial charge in [0, 0.05) is 25.1 Å². The number of hydrogen-bond donors (Lipinski definition) is 0. The third-order valence-electron chi connectivity index (χ3n) is 3.68. The first-order valence-electron chi connectivity index (χ1n) is 7.90. The Bertz CT molecular complexity index is 873. The molecule has 0 saturated carbocycles. The topological polar surface area (TPSA) is 63.9 Å². The van der Waals surface area contributed by atoms with Crippen molar-refractivity contribution >= 4 is 39.8 Å². The molecule has 0 radical (unpaired) electrons. The Morgan fingerprint density at radius 2 is 2.16 bits per heavy atom. The van der Waals surface area contributed by atoms with Crippen molar-refractivity contribution in [2.24, 2.45) is 7.05 Å². The number of amides is 1. The SMILES string of the molecule is CCc1ccccc1N(C(C)=O)c1nc(CSc2nncn2C)cs1. The average Bonchev–Trinajstić information content (AvgIpc) is 3.22. The van der Waals surface area contributed by atoms with Crippen molar-refractivity contribution in [2.75, 3.05) is 4.90 Å². The van der Waals surface area contributed by atoms with Gasteiger partial charge in [-0.05, 0) is 18.1 Å². The molecular formula is C17H19N5OS2.